The quantitative estimate of drug-likeness (QED) is 0.813. The summed E-state index contributed by atoms with van der Waals surface area (Å²) in [6.07, 6.45) is 2.01. The summed E-state index contributed by atoms with van der Waals surface area (Å²) in [5, 5.41) is 4.47. The summed E-state index contributed by atoms with van der Waals surface area (Å²) >= 11 is 5.31. The number of aromatic amines is 1. The fourth-order valence-electron chi connectivity index (χ4n) is 1.96. The molecule has 5 heteroatoms. The Bertz CT molecular complexity index is 531. The van der Waals surface area contributed by atoms with E-state index >= 15 is 0 Å². The number of fused-ring (bicyclic) bond motifs is 1. The molecular formula is C10H16N4S. The van der Waals surface area contributed by atoms with Crippen molar-refractivity contribution in [3.63, 3.8) is 0 Å². The zero-order valence-corrected chi connectivity index (χ0v) is 10.2. The normalized spacial score (nSPS) is 11.4. The predicted molar refractivity (Wildman–Crippen MR) is 63.6 cm³/mol. The van der Waals surface area contributed by atoms with E-state index in [1.54, 1.807) is 0 Å². The molecule has 0 bridgehead atoms. The van der Waals surface area contributed by atoms with Gasteiger partial charge in [-0.3, -0.25) is 4.68 Å². The summed E-state index contributed by atoms with van der Waals surface area (Å²) in [6, 6.07) is 0. The molecule has 0 saturated carbocycles. The molecule has 0 radical (unpaired) electrons. The number of H-pyrrole nitrogens is 1. The van der Waals surface area contributed by atoms with Crippen LogP contribution in [0, 0.1) is 4.77 Å². The molecule has 0 aromatic carbocycles. The van der Waals surface area contributed by atoms with Crippen LogP contribution in [0.15, 0.2) is 0 Å². The number of nitrogens with zero attached hydrogens (tertiary/aromatic N) is 3. The molecule has 2 rings (SSSR count). The van der Waals surface area contributed by atoms with E-state index in [4.69, 9.17) is 12.2 Å². The van der Waals surface area contributed by atoms with Crippen molar-refractivity contribution in [1.29, 1.82) is 0 Å². The van der Waals surface area contributed by atoms with Crippen LogP contribution in [-0.2, 0) is 20.0 Å². The maximum atomic E-state index is 5.31. The Morgan fingerprint density at radius 2 is 2.13 bits per heavy atom. The molecule has 1 N–H and O–H groups in total. The van der Waals surface area contributed by atoms with Crippen LogP contribution in [0.4, 0.5) is 0 Å². The van der Waals surface area contributed by atoms with Crippen molar-refractivity contribution in [1.82, 2.24) is 19.3 Å². The third-order valence-corrected chi connectivity index (χ3v) is 2.93. The minimum absolute atomic E-state index is 0.801. The highest BCUT2D eigenvalue weighted by Gasteiger charge is 2.13. The number of aryl methyl sites for hydroxylation is 3. The second-order valence-electron chi connectivity index (χ2n) is 3.70. The molecule has 0 aliphatic carbocycles. The van der Waals surface area contributed by atoms with Gasteiger partial charge in [0.15, 0.2) is 10.4 Å². The minimum atomic E-state index is 0.801. The van der Waals surface area contributed by atoms with Gasteiger partial charge in [0.1, 0.15) is 5.52 Å². The van der Waals surface area contributed by atoms with Crippen LogP contribution >= 0.6 is 12.2 Å². The fourth-order valence-corrected chi connectivity index (χ4v) is 2.24. The van der Waals surface area contributed by atoms with Gasteiger partial charge in [-0.05, 0) is 25.1 Å². The van der Waals surface area contributed by atoms with Gasteiger partial charge in [-0.25, -0.2) is 0 Å². The van der Waals surface area contributed by atoms with Crippen LogP contribution in [0.2, 0.25) is 0 Å². The molecule has 4 nitrogen and oxygen atoms in total. The topological polar surface area (TPSA) is 38.5 Å². The number of nitrogens with one attached hydrogen (secondary N) is 1. The second kappa shape index (κ2) is 3.81. The Morgan fingerprint density at radius 3 is 2.73 bits per heavy atom. The highest BCUT2D eigenvalue weighted by molar-refractivity contribution is 7.71. The van der Waals surface area contributed by atoms with E-state index in [0.29, 0.717) is 0 Å². The predicted octanol–water partition coefficient (Wildman–Crippen LogP) is 2.40. The van der Waals surface area contributed by atoms with E-state index in [9.17, 15) is 0 Å². The SMILES string of the molecule is CCCn1c(=S)[nH]c2c(CC)nn(C)c21. The zero-order chi connectivity index (χ0) is 11.0. The van der Waals surface area contributed by atoms with Gasteiger partial charge in [0.2, 0.25) is 0 Å². The van der Waals surface area contributed by atoms with Crippen LogP contribution in [0.5, 0.6) is 0 Å². The van der Waals surface area contributed by atoms with E-state index < -0.39 is 0 Å². The number of imidazole rings is 1. The van der Waals surface area contributed by atoms with Crippen LogP contribution in [-0.4, -0.2) is 19.3 Å². The lowest BCUT2D eigenvalue weighted by Crippen LogP contribution is -2.02. The van der Waals surface area contributed by atoms with E-state index in [2.05, 4.69) is 28.5 Å². The van der Waals surface area contributed by atoms with E-state index in [-0.39, 0.29) is 0 Å². The molecule has 0 atom stereocenters. The second-order valence-corrected chi connectivity index (χ2v) is 4.09. The van der Waals surface area contributed by atoms with Crippen molar-refractivity contribution in [3.05, 3.63) is 10.5 Å². The molecule has 2 heterocycles. The maximum Gasteiger partial charge on any atom is 0.179 e. The van der Waals surface area contributed by atoms with Gasteiger partial charge >= 0.3 is 0 Å². The summed E-state index contributed by atoms with van der Waals surface area (Å²) in [5.74, 6) is 0. The molecule has 0 spiro atoms. The van der Waals surface area contributed by atoms with Crippen LogP contribution in [0.3, 0.4) is 0 Å². The first-order chi connectivity index (χ1) is 7.19. The van der Waals surface area contributed by atoms with Gasteiger partial charge in [0.05, 0.1) is 5.69 Å². The third kappa shape index (κ3) is 1.51. The molecule has 0 saturated heterocycles. The molecule has 0 amide bonds. The monoisotopic (exact) mass is 224 g/mol. The van der Waals surface area contributed by atoms with Gasteiger partial charge in [-0.1, -0.05) is 13.8 Å². The molecule has 2 aromatic heterocycles. The summed E-state index contributed by atoms with van der Waals surface area (Å²) in [7, 11) is 1.97. The Balaban J connectivity index is 2.75. The number of hydrogen-bond acceptors (Lipinski definition) is 2. The largest absolute Gasteiger partial charge is 0.328 e. The Morgan fingerprint density at radius 1 is 1.40 bits per heavy atom. The molecule has 0 unspecified atom stereocenters. The van der Waals surface area contributed by atoms with Crippen molar-refractivity contribution < 1.29 is 0 Å². The molecular weight excluding hydrogens is 208 g/mol. The summed E-state index contributed by atoms with van der Waals surface area (Å²) < 4.78 is 4.84. The molecule has 0 aliphatic rings. The van der Waals surface area contributed by atoms with Gasteiger partial charge in [-0.15, -0.1) is 0 Å². The number of aromatic nitrogens is 4. The maximum absolute atomic E-state index is 5.31. The number of hydrogen-bond donors (Lipinski definition) is 1. The highest BCUT2D eigenvalue weighted by Crippen LogP contribution is 2.18. The summed E-state index contributed by atoms with van der Waals surface area (Å²) in [4.78, 5) is 3.25. The molecule has 0 aliphatic heterocycles. The first-order valence-electron chi connectivity index (χ1n) is 5.33. The first kappa shape index (κ1) is 10.4. The Labute approximate surface area is 93.9 Å². The van der Waals surface area contributed by atoms with Crippen molar-refractivity contribution in [2.24, 2.45) is 7.05 Å². The molecule has 2 aromatic rings. The van der Waals surface area contributed by atoms with Crippen molar-refractivity contribution >= 4 is 23.4 Å². The Hall–Kier alpha value is -1.10. The lowest BCUT2D eigenvalue weighted by Gasteiger charge is -2.01. The lowest BCUT2D eigenvalue weighted by molar-refractivity contribution is 0.651. The van der Waals surface area contributed by atoms with E-state index in [1.165, 1.54) is 0 Å². The fraction of sp³-hybridized carbons (Fsp3) is 0.600. The van der Waals surface area contributed by atoms with Crippen LogP contribution in [0.1, 0.15) is 26.0 Å². The number of rotatable bonds is 3. The Kier molecular flexibility index (Phi) is 2.65. The smallest absolute Gasteiger partial charge is 0.179 e. The highest BCUT2D eigenvalue weighted by atomic mass is 32.1. The third-order valence-electron chi connectivity index (χ3n) is 2.60. The van der Waals surface area contributed by atoms with Crippen LogP contribution in [0.25, 0.3) is 11.2 Å². The van der Waals surface area contributed by atoms with Gasteiger partial charge in [-0.2, -0.15) is 5.10 Å². The zero-order valence-electron chi connectivity index (χ0n) is 9.37. The summed E-state index contributed by atoms with van der Waals surface area (Å²) in [5.41, 5.74) is 3.30. The van der Waals surface area contributed by atoms with Crippen molar-refractivity contribution in [2.45, 2.75) is 33.2 Å². The molecule has 82 valence electrons. The van der Waals surface area contributed by atoms with Crippen molar-refractivity contribution in [3.8, 4) is 0 Å². The molecule has 15 heavy (non-hydrogen) atoms. The average molecular weight is 224 g/mol. The van der Waals surface area contributed by atoms with Gasteiger partial charge < -0.3 is 9.55 Å². The summed E-state index contributed by atoms with van der Waals surface area (Å²) in [6.45, 7) is 5.20. The van der Waals surface area contributed by atoms with Crippen molar-refractivity contribution in [2.75, 3.05) is 0 Å². The lowest BCUT2D eigenvalue weighted by atomic mass is 10.3. The van der Waals surface area contributed by atoms with E-state index in [0.717, 1.165) is 41.0 Å². The minimum Gasteiger partial charge on any atom is -0.328 e. The standard InChI is InChI=1S/C10H16N4S/c1-4-6-14-9-8(11-10(14)15)7(5-2)12-13(9)3/h4-6H2,1-3H3,(H,11,15). The van der Waals surface area contributed by atoms with Gasteiger partial charge in [0, 0.05) is 13.6 Å². The molecule has 0 fully saturated rings. The van der Waals surface area contributed by atoms with Gasteiger partial charge in [0.25, 0.3) is 0 Å². The van der Waals surface area contributed by atoms with Crippen LogP contribution < -0.4 is 0 Å². The van der Waals surface area contributed by atoms with E-state index in [1.807, 2.05) is 11.7 Å². The first-order valence-corrected chi connectivity index (χ1v) is 5.74. The average Bonchev–Trinajstić information content (AvgIpc) is 2.67.